The van der Waals surface area contributed by atoms with E-state index in [0.717, 1.165) is 39.5 Å². The molecule has 0 saturated carbocycles. The summed E-state index contributed by atoms with van der Waals surface area (Å²) in [6, 6.07) is 61.6. The van der Waals surface area contributed by atoms with Gasteiger partial charge in [0.2, 0.25) is 0 Å². The van der Waals surface area contributed by atoms with Gasteiger partial charge in [-0.2, -0.15) is 0 Å². The van der Waals surface area contributed by atoms with Gasteiger partial charge in [0, 0.05) is 53.0 Å². The number of hydrogen-bond acceptors (Lipinski definition) is 2. The van der Waals surface area contributed by atoms with Gasteiger partial charge in [-0.3, -0.25) is 0 Å². The first-order chi connectivity index (χ1) is 25.8. The standard InChI is InChI=1S/C48H28N2OS/c1-5-18-41-34(10-1)37-15-9-20-44-47(37)50(41)46-32(13-8-19-43(46)51-44)29-22-25-31(26-23-29)49-40-17-4-2-11-35(40)39-28-30(24-27-42(39)49)33-14-7-16-38-36-12-3-6-21-45(36)52-48(33)38/h1-28H. The van der Waals surface area contributed by atoms with E-state index < -0.39 is 0 Å². The summed E-state index contributed by atoms with van der Waals surface area (Å²) in [4.78, 5) is 0. The topological polar surface area (TPSA) is 19.1 Å². The van der Waals surface area contributed by atoms with Crippen LogP contribution in [0.25, 0.3) is 97.4 Å². The second kappa shape index (κ2) is 10.5. The van der Waals surface area contributed by atoms with Crippen molar-refractivity contribution in [3.8, 4) is 45.1 Å². The quantitative estimate of drug-likeness (QED) is 0.182. The summed E-state index contributed by atoms with van der Waals surface area (Å²) in [5, 5.41) is 7.60. The van der Waals surface area contributed by atoms with Gasteiger partial charge in [0.05, 0.1) is 27.8 Å². The molecule has 0 radical (unpaired) electrons. The summed E-state index contributed by atoms with van der Waals surface area (Å²) < 4.78 is 14.0. The number of rotatable bonds is 3. The molecule has 11 aromatic rings. The van der Waals surface area contributed by atoms with Crippen LogP contribution in [-0.2, 0) is 0 Å². The number of hydrogen-bond donors (Lipinski definition) is 0. The van der Waals surface area contributed by atoms with Gasteiger partial charge in [-0.15, -0.1) is 11.3 Å². The Bertz CT molecular complexity index is 3270. The molecule has 0 fully saturated rings. The van der Waals surface area contributed by atoms with Crippen molar-refractivity contribution in [1.29, 1.82) is 0 Å². The van der Waals surface area contributed by atoms with E-state index >= 15 is 0 Å². The van der Waals surface area contributed by atoms with Crippen LogP contribution in [0.2, 0.25) is 0 Å². The molecule has 1 aliphatic rings. The second-order valence-electron chi connectivity index (χ2n) is 13.7. The van der Waals surface area contributed by atoms with Crippen LogP contribution in [0.15, 0.2) is 170 Å². The molecule has 1 aliphatic heterocycles. The Morgan fingerprint density at radius 1 is 0.404 bits per heavy atom. The zero-order valence-electron chi connectivity index (χ0n) is 27.9. The number of para-hydroxylation sites is 4. The molecule has 3 nitrogen and oxygen atoms in total. The van der Waals surface area contributed by atoms with E-state index in [2.05, 4.69) is 179 Å². The number of aromatic nitrogens is 2. The molecule has 0 spiro atoms. The van der Waals surface area contributed by atoms with E-state index in [4.69, 9.17) is 4.74 Å². The van der Waals surface area contributed by atoms with Gasteiger partial charge in [0.1, 0.15) is 0 Å². The van der Waals surface area contributed by atoms with Crippen molar-refractivity contribution in [2.75, 3.05) is 0 Å². The average Bonchev–Trinajstić information content (AvgIpc) is 3.87. The van der Waals surface area contributed by atoms with Gasteiger partial charge in [0.25, 0.3) is 0 Å². The van der Waals surface area contributed by atoms with Crippen molar-refractivity contribution in [2.45, 2.75) is 0 Å². The highest BCUT2D eigenvalue weighted by Gasteiger charge is 2.26. The van der Waals surface area contributed by atoms with E-state index in [0.29, 0.717) is 0 Å². The van der Waals surface area contributed by atoms with Gasteiger partial charge in [0.15, 0.2) is 11.5 Å². The van der Waals surface area contributed by atoms with Crippen LogP contribution < -0.4 is 4.74 Å². The third-order valence-electron chi connectivity index (χ3n) is 10.9. The Balaban J connectivity index is 1.01. The number of ether oxygens (including phenoxy) is 1. The van der Waals surface area contributed by atoms with Gasteiger partial charge in [-0.1, -0.05) is 115 Å². The summed E-state index contributed by atoms with van der Waals surface area (Å²) in [7, 11) is 0. The smallest absolute Gasteiger partial charge is 0.152 e. The minimum atomic E-state index is 0.868. The summed E-state index contributed by atoms with van der Waals surface area (Å²) in [6.45, 7) is 0. The molecule has 4 heterocycles. The van der Waals surface area contributed by atoms with Crippen LogP contribution in [0, 0.1) is 0 Å². The summed E-state index contributed by atoms with van der Waals surface area (Å²) in [5.41, 5.74) is 11.7. The molecule has 8 aromatic carbocycles. The lowest BCUT2D eigenvalue weighted by Crippen LogP contribution is -2.06. The highest BCUT2D eigenvalue weighted by Crippen LogP contribution is 2.48. The van der Waals surface area contributed by atoms with Crippen molar-refractivity contribution >= 4 is 75.1 Å². The molecule has 4 heteroatoms. The maximum atomic E-state index is 6.58. The van der Waals surface area contributed by atoms with Crippen LogP contribution >= 0.6 is 11.3 Å². The Kier molecular flexibility index (Phi) is 5.65. The summed E-state index contributed by atoms with van der Waals surface area (Å²) in [5.74, 6) is 1.76. The van der Waals surface area contributed by atoms with Crippen LogP contribution in [0.4, 0.5) is 0 Å². The maximum absolute atomic E-state index is 6.58. The predicted molar refractivity (Wildman–Crippen MR) is 219 cm³/mol. The van der Waals surface area contributed by atoms with E-state index in [1.165, 1.54) is 69.4 Å². The van der Waals surface area contributed by atoms with Crippen LogP contribution in [0.5, 0.6) is 11.5 Å². The largest absolute Gasteiger partial charge is 0.453 e. The van der Waals surface area contributed by atoms with Gasteiger partial charge in [-0.05, 0) is 71.3 Å². The lowest BCUT2D eigenvalue weighted by Gasteiger charge is -2.23. The molecular weight excluding hydrogens is 653 g/mol. The van der Waals surface area contributed by atoms with Crippen LogP contribution in [-0.4, -0.2) is 9.13 Å². The number of nitrogens with zero attached hydrogens (tertiary/aromatic N) is 2. The van der Waals surface area contributed by atoms with E-state index in [-0.39, 0.29) is 0 Å². The Hall–Kier alpha value is -6.62. The molecule has 0 atom stereocenters. The van der Waals surface area contributed by atoms with E-state index in [9.17, 15) is 0 Å². The second-order valence-corrected chi connectivity index (χ2v) is 14.7. The van der Waals surface area contributed by atoms with Gasteiger partial charge in [-0.25, -0.2) is 0 Å². The Morgan fingerprint density at radius 3 is 1.88 bits per heavy atom. The highest BCUT2D eigenvalue weighted by molar-refractivity contribution is 7.26. The number of fused-ring (bicyclic) bond motifs is 11. The Morgan fingerprint density at radius 2 is 1.02 bits per heavy atom. The fraction of sp³-hybridized carbons (Fsp3) is 0. The van der Waals surface area contributed by atoms with Crippen molar-refractivity contribution in [2.24, 2.45) is 0 Å². The number of benzene rings is 8. The minimum Gasteiger partial charge on any atom is -0.453 e. The Labute approximate surface area is 302 Å². The fourth-order valence-electron chi connectivity index (χ4n) is 8.67. The van der Waals surface area contributed by atoms with Gasteiger partial charge < -0.3 is 13.9 Å². The SMILES string of the molecule is c1cc2c(c(-c3ccc(-n4c5ccccc5c5cc(-c6cccc7c6sc6ccccc67)ccc54)cc3)c1)-n1c3ccccc3c3cccc(c31)O2. The van der Waals surface area contributed by atoms with E-state index in [1.54, 1.807) is 0 Å². The lowest BCUT2D eigenvalue weighted by atomic mass is 10.0. The molecule has 12 rings (SSSR count). The molecule has 0 unspecified atom stereocenters. The normalized spacial score (nSPS) is 12.4. The minimum absolute atomic E-state index is 0.868. The monoisotopic (exact) mass is 680 g/mol. The third kappa shape index (κ3) is 3.79. The highest BCUT2D eigenvalue weighted by atomic mass is 32.1. The van der Waals surface area contributed by atoms with Crippen LogP contribution in [0.3, 0.4) is 0 Å². The number of thiophene rings is 1. The van der Waals surface area contributed by atoms with E-state index in [1.807, 2.05) is 11.3 Å². The first kappa shape index (κ1) is 28.1. The molecular formula is C48H28N2OS. The molecule has 242 valence electrons. The van der Waals surface area contributed by atoms with Crippen LogP contribution in [0.1, 0.15) is 0 Å². The van der Waals surface area contributed by atoms with Crippen molar-refractivity contribution < 1.29 is 4.74 Å². The molecule has 0 bridgehead atoms. The maximum Gasteiger partial charge on any atom is 0.152 e. The average molecular weight is 681 g/mol. The van der Waals surface area contributed by atoms with Crippen molar-refractivity contribution in [3.05, 3.63) is 170 Å². The lowest BCUT2D eigenvalue weighted by molar-refractivity contribution is 0.477. The van der Waals surface area contributed by atoms with Crippen molar-refractivity contribution in [1.82, 2.24) is 9.13 Å². The molecule has 0 saturated heterocycles. The first-order valence-corrected chi connectivity index (χ1v) is 18.5. The fourth-order valence-corrected chi connectivity index (χ4v) is 9.91. The molecule has 0 amide bonds. The molecule has 0 N–H and O–H groups in total. The zero-order chi connectivity index (χ0) is 33.9. The third-order valence-corrected chi connectivity index (χ3v) is 12.1. The molecule has 52 heavy (non-hydrogen) atoms. The first-order valence-electron chi connectivity index (χ1n) is 17.7. The molecule has 0 aliphatic carbocycles. The van der Waals surface area contributed by atoms with Gasteiger partial charge >= 0.3 is 0 Å². The summed E-state index contributed by atoms with van der Waals surface area (Å²) in [6.07, 6.45) is 0. The predicted octanol–water partition coefficient (Wildman–Crippen LogP) is 13.7. The summed E-state index contributed by atoms with van der Waals surface area (Å²) >= 11 is 1.88. The van der Waals surface area contributed by atoms with Crippen molar-refractivity contribution in [3.63, 3.8) is 0 Å². The zero-order valence-corrected chi connectivity index (χ0v) is 28.7. The molecule has 3 aromatic heterocycles.